The summed E-state index contributed by atoms with van der Waals surface area (Å²) in [5.41, 5.74) is 4.94. The van der Waals surface area contributed by atoms with E-state index in [4.69, 9.17) is 9.47 Å². The summed E-state index contributed by atoms with van der Waals surface area (Å²) in [5.74, 6) is 0.755. The lowest BCUT2D eigenvalue weighted by Gasteiger charge is -2.09. The fourth-order valence-electron chi connectivity index (χ4n) is 3.50. The quantitative estimate of drug-likeness (QED) is 0.205. The van der Waals surface area contributed by atoms with Crippen LogP contribution in [0.2, 0.25) is 0 Å². The molecular formula is C29H36N2O3. The minimum absolute atomic E-state index is 0.0273. The lowest BCUT2D eigenvalue weighted by Crippen LogP contribution is -2.14. The van der Waals surface area contributed by atoms with Crippen molar-refractivity contribution >= 4 is 5.97 Å². The fraction of sp³-hybridized carbons (Fsp3) is 0.414. The normalized spacial score (nSPS) is 11.7. The molecule has 0 spiro atoms. The third-order valence-electron chi connectivity index (χ3n) is 5.95. The van der Waals surface area contributed by atoms with Gasteiger partial charge in [0.2, 0.25) is 0 Å². The van der Waals surface area contributed by atoms with E-state index in [0.29, 0.717) is 6.61 Å². The predicted octanol–water partition coefficient (Wildman–Crippen LogP) is 6.90. The predicted molar refractivity (Wildman–Crippen MR) is 137 cm³/mol. The van der Waals surface area contributed by atoms with Gasteiger partial charge in [-0.2, -0.15) is 0 Å². The smallest absolute Gasteiger partial charge is 0.308 e. The van der Waals surface area contributed by atoms with E-state index in [1.165, 1.54) is 18.4 Å². The van der Waals surface area contributed by atoms with Crippen LogP contribution in [-0.4, -0.2) is 29.4 Å². The van der Waals surface area contributed by atoms with Gasteiger partial charge >= 0.3 is 5.97 Å². The minimum Gasteiger partial charge on any atom is -0.494 e. The maximum atomic E-state index is 11.7. The van der Waals surface area contributed by atoms with Gasteiger partial charge in [0, 0.05) is 11.1 Å². The second kappa shape index (κ2) is 13.5. The van der Waals surface area contributed by atoms with E-state index in [-0.39, 0.29) is 11.9 Å². The summed E-state index contributed by atoms with van der Waals surface area (Å²) in [6.07, 6.45) is 5.97. The van der Waals surface area contributed by atoms with Gasteiger partial charge in [-0.05, 0) is 67.6 Å². The zero-order chi connectivity index (χ0) is 24.2. The molecule has 0 N–H and O–H groups in total. The second-order valence-corrected chi connectivity index (χ2v) is 8.66. The van der Waals surface area contributed by atoms with Gasteiger partial charge in [0.25, 0.3) is 0 Å². The lowest BCUT2D eigenvalue weighted by atomic mass is 10.0. The first-order valence-corrected chi connectivity index (χ1v) is 12.4. The number of carbonyl (C=O) groups is 1. The standard InChI is InChI=1S/C29H36N2O3/c1-4-6-7-20-33-26-16-14-25(15-17-26)28-19-18-27(30-31-28)24-12-10-23(11-13-24)9-8-21-34-29(32)22(3)5-2/h10-19,22H,4-9,20-21H2,1-3H3. The molecule has 0 aliphatic carbocycles. The average Bonchev–Trinajstić information content (AvgIpc) is 2.89. The van der Waals surface area contributed by atoms with Crippen LogP contribution in [0.1, 0.15) is 58.4 Å². The molecule has 5 nitrogen and oxygen atoms in total. The van der Waals surface area contributed by atoms with Crippen molar-refractivity contribution in [1.82, 2.24) is 10.2 Å². The van der Waals surface area contributed by atoms with Gasteiger partial charge in [0.05, 0.1) is 30.5 Å². The maximum Gasteiger partial charge on any atom is 0.308 e. The number of unbranched alkanes of at least 4 members (excludes halogenated alkanes) is 2. The van der Waals surface area contributed by atoms with E-state index < -0.39 is 0 Å². The van der Waals surface area contributed by atoms with Crippen molar-refractivity contribution in [3.05, 3.63) is 66.2 Å². The van der Waals surface area contributed by atoms with Crippen molar-refractivity contribution in [2.45, 2.75) is 59.3 Å². The molecule has 1 unspecified atom stereocenters. The van der Waals surface area contributed by atoms with Gasteiger partial charge in [-0.15, -0.1) is 10.2 Å². The van der Waals surface area contributed by atoms with Crippen LogP contribution in [-0.2, 0) is 16.0 Å². The van der Waals surface area contributed by atoms with Gasteiger partial charge in [0.15, 0.2) is 0 Å². The number of ether oxygens (including phenoxy) is 2. The number of benzene rings is 2. The number of carbonyl (C=O) groups excluding carboxylic acids is 1. The van der Waals surface area contributed by atoms with Gasteiger partial charge in [-0.25, -0.2) is 0 Å². The molecule has 2 aromatic carbocycles. The number of hydrogen-bond acceptors (Lipinski definition) is 5. The van der Waals surface area contributed by atoms with E-state index in [9.17, 15) is 4.79 Å². The number of hydrogen-bond donors (Lipinski definition) is 0. The number of nitrogens with zero attached hydrogens (tertiary/aromatic N) is 2. The molecule has 0 radical (unpaired) electrons. The molecule has 3 aromatic rings. The zero-order valence-electron chi connectivity index (χ0n) is 20.6. The van der Waals surface area contributed by atoms with E-state index in [1.54, 1.807) is 0 Å². The van der Waals surface area contributed by atoms with Crippen molar-refractivity contribution in [3.63, 3.8) is 0 Å². The Morgan fingerprint density at radius 1 is 0.794 bits per heavy atom. The topological polar surface area (TPSA) is 61.3 Å². The SMILES string of the molecule is CCCCCOc1ccc(-c2ccc(-c3ccc(CCCOC(=O)C(C)CC)cc3)nn2)cc1. The highest BCUT2D eigenvalue weighted by Gasteiger charge is 2.11. The molecule has 180 valence electrons. The summed E-state index contributed by atoms with van der Waals surface area (Å²) < 4.78 is 11.1. The van der Waals surface area contributed by atoms with Crippen molar-refractivity contribution in [3.8, 4) is 28.3 Å². The average molecular weight is 461 g/mol. The molecular weight excluding hydrogens is 424 g/mol. The summed E-state index contributed by atoms with van der Waals surface area (Å²) in [5, 5.41) is 8.85. The molecule has 0 amide bonds. The lowest BCUT2D eigenvalue weighted by molar-refractivity contribution is -0.148. The fourth-order valence-corrected chi connectivity index (χ4v) is 3.50. The zero-order valence-corrected chi connectivity index (χ0v) is 20.6. The van der Waals surface area contributed by atoms with E-state index >= 15 is 0 Å². The molecule has 3 rings (SSSR count). The molecule has 0 saturated heterocycles. The minimum atomic E-state index is -0.105. The summed E-state index contributed by atoms with van der Waals surface area (Å²) >= 11 is 0. The number of aryl methyl sites for hydroxylation is 1. The molecule has 0 bridgehead atoms. The molecule has 34 heavy (non-hydrogen) atoms. The van der Waals surface area contributed by atoms with Crippen molar-refractivity contribution < 1.29 is 14.3 Å². The molecule has 1 atom stereocenters. The molecule has 1 heterocycles. The Morgan fingerprint density at radius 3 is 1.97 bits per heavy atom. The molecule has 0 aliphatic rings. The van der Waals surface area contributed by atoms with Crippen LogP contribution in [0.25, 0.3) is 22.5 Å². The number of esters is 1. The van der Waals surface area contributed by atoms with E-state index in [0.717, 1.165) is 60.6 Å². The van der Waals surface area contributed by atoms with Gasteiger partial charge in [-0.1, -0.05) is 57.9 Å². The van der Waals surface area contributed by atoms with Crippen LogP contribution >= 0.6 is 0 Å². The Kier molecular flexibility index (Phi) is 10.1. The van der Waals surface area contributed by atoms with Gasteiger partial charge in [0.1, 0.15) is 5.75 Å². The van der Waals surface area contributed by atoms with Gasteiger partial charge in [-0.3, -0.25) is 4.79 Å². The van der Waals surface area contributed by atoms with Gasteiger partial charge < -0.3 is 9.47 Å². The Morgan fingerprint density at radius 2 is 1.41 bits per heavy atom. The van der Waals surface area contributed by atoms with E-state index in [1.807, 2.05) is 50.2 Å². The first-order valence-electron chi connectivity index (χ1n) is 12.4. The van der Waals surface area contributed by atoms with Crippen LogP contribution in [0.4, 0.5) is 0 Å². The molecule has 0 aliphatic heterocycles. The Bertz CT molecular complexity index is 999. The van der Waals surface area contributed by atoms with Crippen LogP contribution in [0, 0.1) is 5.92 Å². The van der Waals surface area contributed by atoms with E-state index in [2.05, 4.69) is 41.4 Å². The number of aromatic nitrogens is 2. The first-order chi connectivity index (χ1) is 16.6. The highest BCUT2D eigenvalue weighted by atomic mass is 16.5. The third-order valence-corrected chi connectivity index (χ3v) is 5.95. The monoisotopic (exact) mass is 460 g/mol. The summed E-state index contributed by atoms with van der Waals surface area (Å²) in [6.45, 7) is 7.30. The first kappa shape index (κ1) is 25.4. The Hall–Kier alpha value is -3.21. The van der Waals surface area contributed by atoms with Crippen molar-refractivity contribution in [1.29, 1.82) is 0 Å². The third kappa shape index (κ3) is 7.68. The molecule has 0 fully saturated rings. The molecule has 0 saturated carbocycles. The summed E-state index contributed by atoms with van der Waals surface area (Å²) in [7, 11) is 0. The molecule has 5 heteroatoms. The van der Waals surface area contributed by atoms with Crippen LogP contribution in [0.15, 0.2) is 60.7 Å². The van der Waals surface area contributed by atoms with Crippen LogP contribution < -0.4 is 4.74 Å². The van der Waals surface area contributed by atoms with Crippen LogP contribution in [0.3, 0.4) is 0 Å². The summed E-state index contributed by atoms with van der Waals surface area (Å²) in [6, 6.07) is 20.3. The van der Waals surface area contributed by atoms with Crippen molar-refractivity contribution in [2.24, 2.45) is 5.92 Å². The second-order valence-electron chi connectivity index (χ2n) is 8.66. The Balaban J connectivity index is 1.50. The maximum absolute atomic E-state index is 11.7. The number of rotatable bonds is 13. The Labute approximate surface area is 203 Å². The van der Waals surface area contributed by atoms with Crippen molar-refractivity contribution in [2.75, 3.05) is 13.2 Å². The highest BCUT2D eigenvalue weighted by molar-refractivity contribution is 5.71. The largest absolute Gasteiger partial charge is 0.494 e. The summed E-state index contributed by atoms with van der Waals surface area (Å²) in [4.78, 5) is 11.7. The highest BCUT2D eigenvalue weighted by Crippen LogP contribution is 2.23. The van der Waals surface area contributed by atoms with Crippen LogP contribution in [0.5, 0.6) is 5.75 Å². The molecule has 1 aromatic heterocycles.